The molecule has 0 N–H and O–H groups in total. The molecule has 0 amide bonds. The molecular formula is C41H50N8O3. The van der Waals surface area contributed by atoms with E-state index in [2.05, 4.69) is 87.1 Å². The Morgan fingerprint density at radius 3 is 2.04 bits per heavy atom. The number of benzene rings is 3. The van der Waals surface area contributed by atoms with Crippen LogP contribution in [0.1, 0.15) is 51.3 Å². The Balaban J connectivity index is 0.00000228. The molecule has 0 bridgehead atoms. The monoisotopic (exact) mass is 702 g/mol. The molecule has 1 fully saturated rings. The van der Waals surface area contributed by atoms with Crippen molar-refractivity contribution in [2.45, 2.75) is 52.3 Å². The van der Waals surface area contributed by atoms with Crippen LogP contribution in [0.4, 0.5) is 11.4 Å². The van der Waals surface area contributed by atoms with Crippen LogP contribution in [0.2, 0.25) is 0 Å². The fraction of sp³-hybridized carbons (Fsp3) is 0.366. The lowest BCUT2D eigenvalue weighted by Crippen LogP contribution is -2.46. The SMILES string of the molecule is C=Cc1ccc(C2(Cn3nccn3)C=CC(COc3ccc(N4CCN(c5ccc(-n6cnn(C(C)CC)c6=O)cc5)CC4)cc3)CO2)cc1.CC. The molecule has 0 radical (unpaired) electrons. The van der Waals surface area contributed by atoms with Crippen LogP contribution in [-0.4, -0.2) is 68.7 Å². The van der Waals surface area contributed by atoms with E-state index >= 15 is 0 Å². The molecule has 4 heterocycles. The number of hydrogen-bond donors (Lipinski definition) is 0. The Hall–Kier alpha value is -5.42. The minimum Gasteiger partial charge on any atom is -0.493 e. The second-order valence-electron chi connectivity index (χ2n) is 13.0. The predicted molar refractivity (Wildman–Crippen MR) is 207 cm³/mol. The highest BCUT2D eigenvalue weighted by molar-refractivity contribution is 5.55. The second kappa shape index (κ2) is 16.7. The van der Waals surface area contributed by atoms with Crippen molar-refractivity contribution in [1.82, 2.24) is 29.3 Å². The van der Waals surface area contributed by atoms with Gasteiger partial charge in [0, 0.05) is 43.5 Å². The third-order valence-corrected chi connectivity index (χ3v) is 9.81. The maximum absolute atomic E-state index is 12.8. The van der Waals surface area contributed by atoms with E-state index in [1.54, 1.807) is 32.8 Å². The number of aromatic nitrogens is 6. The third kappa shape index (κ3) is 8.05. The lowest BCUT2D eigenvalue weighted by atomic mass is 9.88. The van der Waals surface area contributed by atoms with Gasteiger partial charge in [0.15, 0.2) is 0 Å². The molecule has 2 aliphatic rings. The molecule has 0 spiro atoms. The molecular weight excluding hydrogens is 653 g/mol. The molecule has 1 saturated heterocycles. The van der Waals surface area contributed by atoms with Crippen LogP contribution in [0.25, 0.3) is 11.8 Å². The number of rotatable bonds is 12. The third-order valence-electron chi connectivity index (χ3n) is 9.81. The maximum atomic E-state index is 12.8. The molecule has 272 valence electrons. The highest BCUT2D eigenvalue weighted by Gasteiger charge is 2.36. The van der Waals surface area contributed by atoms with E-state index < -0.39 is 5.60 Å². The molecule has 2 aliphatic heterocycles. The van der Waals surface area contributed by atoms with Crippen molar-refractivity contribution >= 4 is 17.5 Å². The minimum atomic E-state index is -0.664. The van der Waals surface area contributed by atoms with Gasteiger partial charge in [-0.25, -0.2) is 14.0 Å². The average Bonchev–Trinajstić information content (AvgIpc) is 3.88. The summed E-state index contributed by atoms with van der Waals surface area (Å²) in [5.41, 5.74) is 4.50. The number of piperazine rings is 1. The summed E-state index contributed by atoms with van der Waals surface area (Å²) in [6.45, 7) is 17.1. The van der Waals surface area contributed by atoms with Gasteiger partial charge in [-0.15, -0.1) is 0 Å². The molecule has 7 rings (SSSR count). The predicted octanol–water partition coefficient (Wildman–Crippen LogP) is 6.77. The van der Waals surface area contributed by atoms with Crippen molar-refractivity contribution in [2.24, 2.45) is 5.92 Å². The zero-order valence-corrected chi connectivity index (χ0v) is 30.7. The van der Waals surface area contributed by atoms with E-state index in [9.17, 15) is 4.79 Å². The number of ether oxygens (including phenoxy) is 2. The second-order valence-corrected chi connectivity index (χ2v) is 13.0. The van der Waals surface area contributed by atoms with Crippen LogP contribution < -0.4 is 20.2 Å². The van der Waals surface area contributed by atoms with E-state index in [0.717, 1.165) is 60.9 Å². The fourth-order valence-corrected chi connectivity index (χ4v) is 6.53. The first kappa shape index (κ1) is 36.4. The Morgan fingerprint density at radius 2 is 1.48 bits per heavy atom. The zero-order valence-electron chi connectivity index (χ0n) is 30.7. The molecule has 11 nitrogen and oxygen atoms in total. The summed E-state index contributed by atoms with van der Waals surface area (Å²) in [6.07, 6.45) is 12.0. The fourth-order valence-electron chi connectivity index (χ4n) is 6.53. The molecule has 52 heavy (non-hydrogen) atoms. The Kier molecular flexibility index (Phi) is 11.7. The average molecular weight is 703 g/mol. The van der Waals surface area contributed by atoms with Crippen LogP contribution in [0.3, 0.4) is 0 Å². The van der Waals surface area contributed by atoms with Crippen LogP contribution in [-0.2, 0) is 16.9 Å². The van der Waals surface area contributed by atoms with Crippen LogP contribution in [0.15, 0.2) is 115 Å². The van der Waals surface area contributed by atoms with Gasteiger partial charge in [0.05, 0.1) is 43.9 Å². The number of nitrogens with zero attached hydrogens (tertiary/aromatic N) is 8. The van der Waals surface area contributed by atoms with E-state index in [0.29, 0.717) is 19.8 Å². The highest BCUT2D eigenvalue weighted by atomic mass is 16.5. The van der Waals surface area contributed by atoms with Crippen molar-refractivity contribution in [1.29, 1.82) is 0 Å². The summed E-state index contributed by atoms with van der Waals surface area (Å²) < 4.78 is 15.9. The molecule has 11 heteroatoms. The van der Waals surface area contributed by atoms with Gasteiger partial charge in [0.1, 0.15) is 17.7 Å². The molecule has 2 aromatic heterocycles. The summed E-state index contributed by atoms with van der Waals surface area (Å²) >= 11 is 0. The van der Waals surface area contributed by atoms with Gasteiger partial charge < -0.3 is 19.3 Å². The van der Waals surface area contributed by atoms with E-state index in [4.69, 9.17) is 9.47 Å². The zero-order chi connectivity index (χ0) is 36.5. The van der Waals surface area contributed by atoms with Crippen molar-refractivity contribution in [2.75, 3.05) is 49.2 Å². The van der Waals surface area contributed by atoms with Gasteiger partial charge in [-0.1, -0.05) is 63.8 Å². The Morgan fingerprint density at radius 1 is 0.885 bits per heavy atom. The van der Waals surface area contributed by atoms with Gasteiger partial charge in [-0.3, -0.25) is 0 Å². The van der Waals surface area contributed by atoms with Crippen LogP contribution in [0.5, 0.6) is 5.75 Å². The van der Waals surface area contributed by atoms with Gasteiger partial charge in [0.25, 0.3) is 0 Å². The molecule has 5 aromatic rings. The van der Waals surface area contributed by atoms with Gasteiger partial charge >= 0.3 is 5.69 Å². The standard InChI is InChI=1S/C39H44N8O3.C2H6/c1-4-30(3)47-38(48)45(29-42-47)36-12-10-34(11-13-36)43-22-24-44(25-23-43)35-14-16-37(17-15-35)49-26-32-18-19-39(50-27-32,28-46-40-20-21-41-46)33-8-6-31(5-2)7-9-33;1-2/h5-21,29-30,32H,2,4,22-28H2,1,3H3;1-2H3. The van der Waals surface area contributed by atoms with E-state index in [1.807, 2.05) is 63.2 Å². The van der Waals surface area contributed by atoms with Gasteiger partial charge in [-0.05, 0) is 79.1 Å². The summed E-state index contributed by atoms with van der Waals surface area (Å²) in [5.74, 6) is 0.957. The van der Waals surface area contributed by atoms with Crippen molar-refractivity contribution < 1.29 is 9.47 Å². The normalized spacial score (nSPS) is 19.1. The lowest BCUT2D eigenvalue weighted by molar-refractivity contribution is -0.0560. The first-order valence-electron chi connectivity index (χ1n) is 18.3. The van der Waals surface area contributed by atoms with Crippen molar-refractivity contribution in [3.8, 4) is 11.4 Å². The van der Waals surface area contributed by atoms with Crippen LogP contribution >= 0.6 is 0 Å². The van der Waals surface area contributed by atoms with E-state index in [-0.39, 0.29) is 17.6 Å². The Bertz CT molecular complexity index is 1940. The molecule has 3 aromatic carbocycles. The summed E-state index contributed by atoms with van der Waals surface area (Å²) in [5, 5.41) is 13.0. The van der Waals surface area contributed by atoms with Gasteiger partial charge in [0.2, 0.25) is 0 Å². The first-order valence-corrected chi connectivity index (χ1v) is 18.3. The van der Waals surface area contributed by atoms with Crippen molar-refractivity contribution in [3.63, 3.8) is 0 Å². The number of anilines is 2. The first-order chi connectivity index (χ1) is 25.4. The quantitative estimate of drug-likeness (QED) is 0.132. The number of hydrogen-bond acceptors (Lipinski definition) is 8. The smallest absolute Gasteiger partial charge is 0.350 e. The van der Waals surface area contributed by atoms with Crippen molar-refractivity contribution in [3.05, 3.63) is 132 Å². The summed E-state index contributed by atoms with van der Waals surface area (Å²) in [7, 11) is 0. The topological polar surface area (TPSA) is 95.5 Å². The van der Waals surface area contributed by atoms with E-state index in [1.165, 1.54) is 5.69 Å². The molecule has 0 aliphatic carbocycles. The summed E-state index contributed by atoms with van der Waals surface area (Å²) in [4.78, 5) is 19.3. The largest absolute Gasteiger partial charge is 0.493 e. The maximum Gasteiger partial charge on any atom is 0.350 e. The Labute approximate surface area is 306 Å². The molecule has 3 unspecified atom stereocenters. The molecule has 0 saturated carbocycles. The summed E-state index contributed by atoms with van der Waals surface area (Å²) in [6, 6.07) is 24.9. The van der Waals surface area contributed by atoms with Gasteiger partial charge in [-0.2, -0.15) is 20.1 Å². The lowest BCUT2D eigenvalue weighted by Gasteiger charge is -2.37. The van der Waals surface area contributed by atoms with Crippen LogP contribution in [0, 0.1) is 5.92 Å². The molecule has 3 atom stereocenters. The highest BCUT2D eigenvalue weighted by Crippen LogP contribution is 2.34. The minimum absolute atomic E-state index is 0.0731.